The van der Waals surface area contributed by atoms with Gasteiger partial charge in [0, 0.05) is 0 Å². The molecule has 3 nitrogen and oxygen atoms in total. The largest absolute Gasteiger partial charge is 0.245 e. The normalized spacial score (nSPS) is 13.9. The van der Waals surface area contributed by atoms with Crippen molar-refractivity contribution in [2.24, 2.45) is 0 Å². The first-order valence-corrected chi connectivity index (χ1v) is 6.61. The Balaban J connectivity index is 2.55. The second-order valence-electron chi connectivity index (χ2n) is 4.15. The molecule has 0 aliphatic heterocycles. The van der Waals surface area contributed by atoms with Gasteiger partial charge >= 0.3 is 0 Å². The van der Waals surface area contributed by atoms with Crippen LogP contribution in [0.1, 0.15) is 26.5 Å². The van der Waals surface area contributed by atoms with Crippen molar-refractivity contribution in [1.29, 1.82) is 0 Å². The second kappa shape index (κ2) is 5.18. The van der Waals surface area contributed by atoms with Crippen molar-refractivity contribution in [2.75, 3.05) is 0 Å². The molecule has 0 saturated heterocycles. The van der Waals surface area contributed by atoms with Crippen molar-refractivity contribution in [3.63, 3.8) is 0 Å². The van der Waals surface area contributed by atoms with E-state index in [9.17, 15) is 4.21 Å². The molecule has 0 aliphatic carbocycles. The standard InChI is InChI=1S/C10H15BrN2OS/c1-10(2,3)15(14)12-7-8-5-4-6-9(11)13-8/h4-6,12H,7H2,1-3H3. The smallest absolute Gasteiger partial charge is 0.106 e. The molecule has 1 heterocycles. The van der Waals surface area contributed by atoms with Crippen LogP contribution in [0.4, 0.5) is 0 Å². The predicted octanol–water partition coefficient (Wildman–Crippen LogP) is 2.40. The van der Waals surface area contributed by atoms with Gasteiger partial charge in [0.25, 0.3) is 0 Å². The molecular formula is C10H15BrN2OS. The number of aromatic nitrogens is 1. The van der Waals surface area contributed by atoms with E-state index >= 15 is 0 Å². The van der Waals surface area contributed by atoms with Gasteiger partial charge in [-0.15, -0.1) is 0 Å². The molecule has 0 fully saturated rings. The fraction of sp³-hybridized carbons (Fsp3) is 0.500. The quantitative estimate of drug-likeness (QED) is 0.869. The van der Waals surface area contributed by atoms with Gasteiger partial charge in [-0.1, -0.05) is 6.07 Å². The summed E-state index contributed by atoms with van der Waals surface area (Å²) < 4.78 is 15.2. The lowest BCUT2D eigenvalue weighted by molar-refractivity contribution is 0.633. The van der Waals surface area contributed by atoms with E-state index in [-0.39, 0.29) is 4.75 Å². The summed E-state index contributed by atoms with van der Waals surface area (Å²) in [5.74, 6) is 0. The Hall–Kier alpha value is -0.260. The third kappa shape index (κ3) is 4.40. The van der Waals surface area contributed by atoms with E-state index in [1.807, 2.05) is 39.0 Å². The minimum absolute atomic E-state index is 0.244. The number of pyridine rings is 1. The molecule has 1 aromatic rings. The number of halogens is 1. The molecular weight excluding hydrogens is 276 g/mol. The Morgan fingerprint density at radius 3 is 2.67 bits per heavy atom. The van der Waals surface area contributed by atoms with Crippen LogP contribution in [0.15, 0.2) is 22.8 Å². The van der Waals surface area contributed by atoms with Crippen LogP contribution in [0.2, 0.25) is 0 Å². The zero-order chi connectivity index (χ0) is 11.5. The van der Waals surface area contributed by atoms with Crippen molar-refractivity contribution < 1.29 is 4.21 Å². The van der Waals surface area contributed by atoms with E-state index in [1.165, 1.54) is 0 Å². The molecule has 0 bridgehead atoms. The lowest BCUT2D eigenvalue weighted by Crippen LogP contribution is -2.33. The van der Waals surface area contributed by atoms with E-state index in [1.54, 1.807) is 0 Å². The minimum Gasteiger partial charge on any atom is -0.245 e. The predicted molar refractivity (Wildman–Crippen MR) is 66.7 cm³/mol. The van der Waals surface area contributed by atoms with Crippen LogP contribution < -0.4 is 4.72 Å². The summed E-state index contributed by atoms with van der Waals surface area (Å²) in [5.41, 5.74) is 0.877. The molecule has 1 unspecified atom stereocenters. The Labute approximate surface area is 101 Å². The Kier molecular flexibility index (Phi) is 4.43. The van der Waals surface area contributed by atoms with E-state index in [0.717, 1.165) is 10.3 Å². The highest BCUT2D eigenvalue weighted by atomic mass is 79.9. The van der Waals surface area contributed by atoms with Crippen molar-refractivity contribution in [3.05, 3.63) is 28.5 Å². The number of hydrogen-bond acceptors (Lipinski definition) is 2. The van der Waals surface area contributed by atoms with Gasteiger partial charge in [0.15, 0.2) is 0 Å². The zero-order valence-corrected chi connectivity index (χ0v) is 11.5. The van der Waals surface area contributed by atoms with Crippen molar-refractivity contribution in [1.82, 2.24) is 9.71 Å². The third-order valence-corrected chi connectivity index (χ3v) is 3.67. The lowest BCUT2D eigenvalue weighted by Gasteiger charge is -2.17. The van der Waals surface area contributed by atoms with Crippen LogP contribution in [0.5, 0.6) is 0 Å². The third-order valence-electron chi connectivity index (χ3n) is 1.71. The van der Waals surface area contributed by atoms with Gasteiger partial charge in [0.1, 0.15) is 4.60 Å². The van der Waals surface area contributed by atoms with Gasteiger partial charge in [-0.3, -0.25) is 0 Å². The summed E-state index contributed by atoms with van der Waals surface area (Å²) in [6.07, 6.45) is 0. The molecule has 1 N–H and O–H groups in total. The van der Waals surface area contributed by atoms with Crippen LogP contribution in [-0.2, 0) is 17.5 Å². The minimum atomic E-state index is -1.05. The van der Waals surface area contributed by atoms with Gasteiger partial charge in [0.2, 0.25) is 0 Å². The maximum Gasteiger partial charge on any atom is 0.106 e. The summed E-state index contributed by atoms with van der Waals surface area (Å²) in [6.45, 7) is 6.32. The molecule has 0 saturated carbocycles. The summed E-state index contributed by atoms with van der Waals surface area (Å²) in [6, 6.07) is 5.68. The SMILES string of the molecule is CC(C)(C)S(=O)NCc1cccc(Br)n1. The summed E-state index contributed by atoms with van der Waals surface area (Å²) in [5, 5.41) is 0. The second-order valence-corrected chi connectivity index (χ2v) is 7.02. The van der Waals surface area contributed by atoms with Gasteiger partial charge in [-0.25, -0.2) is 13.9 Å². The first-order chi connectivity index (χ1) is 6.89. The maximum atomic E-state index is 11.7. The van der Waals surface area contributed by atoms with Gasteiger partial charge in [-0.05, 0) is 48.8 Å². The van der Waals surface area contributed by atoms with Crippen LogP contribution in [0.25, 0.3) is 0 Å². The number of hydrogen-bond donors (Lipinski definition) is 1. The number of nitrogens with one attached hydrogen (secondary N) is 1. The highest BCUT2D eigenvalue weighted by Gasteiger charge is 2.18. The zero-order valence-electron chi connectivity index (χ0n) is 9.08. The van der Waals surface area contributed by atoms with E-state index in [2.05, 4.69) is 25.6 Å². The van der Waals surface area contributed by atoms with E-state index in [4.69, 9.17) is 0 Å². The fourth-order valence-electron chi connectivity index (χ4n) is 0.905. The highest BCUT2D eigenvalue weighted by Crippen LogP contribution is 2.10. The Bertz CT molecular complexity index is 363. The average molecular weight is 291 g/mol. The first kappa shape index (κ1) is 12.8. The summed E-state index contributed by atoms with van der Waals surface area (Å²) in [4.78, 5) is 4.25. The lowest BCUT2D eigenvalue weighted by atomic mass is 10.3. The van der Waals surface area contributed by atoms with Crippen LogP contribution in [-0.4, -0.2) is 13.9 Å². The van der Waals surface area contributed by atoms with Crippen LogP contribution >= 0.6 is 15.9 Å². The van der Waals surface area contributed by atoms with Gasteiger partial charge in [0.05, 0.1) is 28.0 Å². The van der Waals surface area contributed by atoms with E-state index < -0.39 is 11.0 Å². The Morgan fingerprint density at radius 1 is 1.47 bits per heavy atom. The van der Waals surface area contributed by atoms with E-state index in [0.29, 0.717) is 6.54 Å². The Morgan fingerprint density at radius 2 is 2.13 bits per heavy atom. The fourth-order valence-corrected chi connectivity index (χ4v) is 2.00. The highest BCUT2D eigenvalue weighted by molar-refractivity contribution is 9.10. The van der Waals surface area contributed by atoms with Gasteiger partial charge < -0.3 is 0 Å². The molecule has 1 atom stereocenters. The molecule has 1 rings (SSSR count). The monoisotopic (exact) mass is 290 g/mol. The van der Waals surface area contributed by atoms with Crippen molar-refractivity contribution in [3.8, 4) is 0 Å². The molecule has 15 heavy (non-hydrogen) atoms. The van der Waals surface area contributed by atoms with Gasteiger partial charge in [-0.2, -0.15) is 0 Å². The molecule has 0 spiro atoms. The van der Waals surface area contributed by atoms with Crippen molar-refractivity contribution in [2.45, 2.75) is 32.1 Å². The molecule has 0 amide bonds. The topological polar surface area (TPSA) is 42.0 Å². The molecule has 84 valence electrons. The first-order valence-electron chi connectivity index (χ1n) is 4.66. The molecule has 0 radical (unpaired) electrons. The summed E-state index contributed by atoms with van der Waals surface area (Å²) in [7, 11) is -1.05. The number of rotatable bonds is 3. The summed E-state index contributed by atoms with van der Waals surface area (Å²) >= 11 is 3.29. The molecule has 0 aromatic carbocycles. The van der Waals surface area contributed by atoms with Crippen molar-refractivity contribution >= 4 is 26.9 Å². The van der Waals surface area contributed by atoms with Crippen LogP contribution in [0.3, 0.4) is 0 Å². The molecule has 1 aromatic heterocycles. The number of nitrogens with zero attached hydrogens (tertiary/aromatic N) is 1. The van der Waals surface area contributed by atoms with Crippen LogP contribution in [0, 0.1) is 0 Å². The molecule has 5 heteroatoms. The average Bonchev–Trinajstić information content (AvgIpc) is 2.12. The molecule has 0 aliphatic rings. The maximum absolute atomic E-state index is 11.7.